The summed E-state index contributed by atoms with van der Waals surface area (Å²) in [6.45, 7) is 1.95. The van der Waals surface area contributed by atoms with Gasteiger partial charge in [0.05, 0.1) is 21.3 Å². The lowest BCUT2D eigenvalue weighted by Gasteiger charge is -2.32. The van der Waals surface area contributed by atoms with Crippen LogP contribution in [0.5, 0.6) is 17.2 Å². The van der Waals surface area contributed by atoms with Crippen molar-refractivity contribution in [3.63, 3.8) is 0 Å². The largest absolute Gasteiger partial charge is 0.496 e. The standard InChI is InChI=1S/C20H20O6/c1-11-6-5-7-12(8-11)16-17-14(24-3)9-13(23-2)10-15(17)26-20(22)18(16)19(21)25-4/h5-10,16,18H,1-4H3/t16-,18-/m1/s1. The Morgan fingerprint density at radius 3 is 2.46 bits per heavy atom. The summed E-state index contributed by atoms with van der Waals surface area (Å²) in [5.41, 5.74) is 2.44. The topological polar surface area (TPSA) is 71.1 Å². The van der Waals surface area contributed by atoms with Crippen molar-refractivity contribution in [2.24, 2.45) is 5.92 Å². The van der Waals surface area contributed by atoms with Crippen molar-refractivity contribution in [3.05, 3.63) is 53.1 Å². The Morgan fingerprint density at radius 1 is 1.08 bits per heavy atom. The van der Waals surface area contributed by atoms with Gasteiger partial charge in [0.1, 0.15) is 17.2 Å². The molecule has 6 nitrogen and oxygen atoms in total. The molecule has 0 fully saturated rings. The van der Waals surface area contributed by atoms with Gasteiger partial charge in [-0.05, 0) is 12.5 Å². The van der Waals surface area contributed by atoms with E-state index in [9.17, 15) is 9.59 Å². The molecule has 0 radical (unpaired) electrons. The summed E-state index contributed by atoms with van der Waals surface area (Å²) in [5.74, 6) is -1.72. The number of hydrogen-bond donors (Lipinski definition) is 0. The van der Waals surface area contributed by atoms with Crippen molar-refractivity contribution >= 4 is 11.9 Å². The number of fused-ring (bicyclic) bond motifs is 1. The fourth-order valence-electron chi connectivity index (χ4n) is 3.31. The van der Waals surface area contributed by atoms with E-state index >= 15 is 0 Å². The van der Waals surface area contributed by atoms with Crippen LogP contribution in [0, 0.1) is 12.8 Å². The molecule has 2 atom stereocenters. The minimum atomic E-state index is -1.11. The maximum absolute atomic E-state index is 12.6. The van der Waals surface area contributed by atoms with Gasteiger partial charge in [-0.25, -0.2) is 0 Å². The van der Waals surface area contributed by atoms with Gasteiger partial charge in [0, 0.05) is 23.6 Å². The molecule has 0 aliphatic carbocycles. The number of carbonyl (C=O) groups excluding carboxylic acids is 2. The Morgan fingerprint density at radius 2 is 1.85 bits per heavy atom. The first-order valence-corrected chi connectivity index (χ1v) is 8.12. The van der Waals surface area contributed by atoms with E-state index in [0.29, 0.717) is 22.8 Å². The Bertz CT molecular complexity index is 857. The normalized spacial score (nSPS) is 18.5. The van der Waals surface area contributed by atoms with Crippen molar-refractivity contribution in [3.8, 4) is 17.2 Å². The van der Waals surface area contributed by atoms with Crippen LogP contribution in [0.3, 0.4) is 0 Å². The van der Waals surface area contributed by atoms with Crippen molar-refractivity contribution in [2.45, 2.75) is 12.8 Å². The van der Waals surface area contributed by atoms with E-state index in [0.717, 1.165) is 11.1 Å². The summed E-state index contributed by atoms with van der Waals surface area (Å²) in [6.07, 6.45) is 0. The third-order valence-corrected chi connectivity index (χ3v) is 4.50. The zero-order valence-electron chi connectivity index (χ0n) is 15.1. The van der Waals surface area contributed by atoms with Crippen LogP contribution in [0.2, 0.25) is 0 Å². The second kappa shape index (κ2) is 7.07. The van der Waals surface area contributed by atoms with E-state index in [4.69, 9.17) is 18.9 Å². The van der Waals surface area contributed by atoms with Gasteiger partial charge < -0.3 is 18.9 Å². The van der Waals surface area contributed by atoms with Gasteiger partial charge in [0.2, 0.25) is 0 Å². The Hall–Kier alpha value is -3.02. The highest BCUT2D eigenvalue weighted by atomic mass is 16.6. The number of methoxy groups -OCH3 is 3. The molecule has 6 heteroatoms. The van der Waals surface area contributed by atoms with Crippen LogP contribution in [-0.4, -0.2) is 33.3 Å². The van der Waals surface area contributed by atoms with Gasteiger partial charge in [-0.1, -0.05) is 29.8 Å². The van der Waals surface area contributed by atoms with Gasteiger partial charge in [0.15, 0.2) is 5.92 Å². The van der Waals surface area contributed by atoms with Crippen LogP contribution < -0.4 is 14.2 Å². The van der Waals surface area contributed by atoms with Crippen LogP contribution in [0.15, 0.2) is 36.4 Å². The molecular weight excluding hydrogens is 336 g/mol. The van der Waals surface area contributed by atoms with Crippen LogP contribution in [0.1, 0.15) is 22.6 Å². The molecule has 0 saturated heterocycles. The molecule has 26 heavy (non-hydrogen) atoms. The van der Waals surface area contributed by atoms with E-state index in [2.05, 4.69) is 0 Å². The SMILES string of the molecule is COC(=O)[C@@H]1C(=O)Oc2cc(OC)cc(OC)c2[C@H]1c1cccc(C)c1. The highest BCUT2D eigenvalue weighted by molar-refractivity contribution is 5.99. The maximum Gasteiger partial charge on any atom is 0.326 e. The number of benzene rings is 2. The first kappa shape index (κ1) is 17.8. The number of aryl methyl sites for hydroxylation is 1. The smallest absolute Gasteiger partial charge is 0.326 e. The maximum atomic E-state index is 12.6. The zero-order valence-corrected chi connectivity index (χ0v) is 15.1. The molecule has 0 amide bonds. The summed E-state index contributed by atoms with van der Waals surface area (Å²) in [5, 5.41) is 0. The third-order valence-electron chi connectivity index (χ3n) is 4.50. The Kier molecular flexibility index (Phi) is 4.84. The number of esters is 2. The van der Waals surface area contributed by atoms with Gasteiger partial charge in [-0.3, -0.25) is 9.59 Å². The van der Waals surface area contributed by atoms with Crippen molar-refractivity contribution in [1.82, 2.24) is 0 Å². The van der Waals surface area contributed by atoms with Crippen LogP contribution in [-0.2, 0) is 14.3 Å². The second-order valence-corrected chi connectivity index (χ2v) is 6.06. The van der Waals surface area contributed by atoms with E-state index < -0.39 is 23.8 Å². The van der Waals surface area contributed by atoms with Crippen molar-refractivity contribution < 1.29 is 28.5 Å². The molecule has 0 N–H and O–H groups in total. The lowest BCUT2D eigenvalue weighted by Crippen LogP contribution is -2.38. The molecule has 136 valence electrons. The quantitative estimate of drug-likeness (QED) is 0.477. The second-order valence-electron chi connectivity index (χ2n) is 6.06. The van der Waals surface area contributed by atoms with Crippen LogP contribution in [0.4, 0.5) is 0 Å². The molecule has 0 saturated carbocycles. The fraction of sp³-hybridized carbons (Fsp3) is 0.300. The highest BCUT2D eigenvalue weighted by Gasteiger charge is 2.46. The lowest BCUT2D eigenvalue weighted by molar-refractivity contribution is -0.157. The zero-order chi connectivity index (χ0) is 18.8. The van der Waals surface area contributed by atoms with E-state index in [1.54, 1.807) is 12.1 Å². The molecule has 2 aromatic carbocycles. The van der Waals surface area contributed by atoms with Gasteiger partial charge in [-0.2, -0.15) is 0 Å². The number of rotatable bonds is 4. The number of carbonyl (C=O) groups is 2. The van der Waals surface area contributed by atoms with Crippen LogP contribution in [0.25, 0.3) is 0 Å². The predicted molar refractivity (Wildman–Crippen MR) is 93.7 cm³/mol. The van der Waals surface area contributed by atoms with Crippen molar-refractivity contribution in [1.29, 1.82) is 0 Å². The average molecular weight is 356 g/mol. The number of ether oxygens (including phenoxy) is 4. The minimum Gasteiger partial charge on any atom is -0.496 e. The average Bonchev–Trinajstić information content (AvgIpc) is 2.65. The molecule has 0 aromatic heterocycles. The fourth-order valence-corrected chi connectivity index (χ4v) is 3.31. The number of hydrogen-bond acceptors (Lipinski definition) is 6. The summed E-state index contributed by atoms with van der Waals surface area (Å²) in [6, 6.07) is 11.0. The Balaban J connectivity index is 2.28. The van der Waals surface area contributed by atoms with Crippen molar-refractivity contribution in [2.75, 3.05) is 21.3 Å². The molecular formula is C20H20O6. The van der Waals surface area contributed by atoms with E-state index in [1.807, 2.05) is 31.2 Å². The van der Waals surface area contributed by atoms with E-state index in [-0.39, 0.29) is 0 Å². The monoisotopic (exact) mass is 356 g/mol. The molecule has 0 bridgehead atoms. The molecule has 2 aromatic rings. The molecule has 1 aliphatic heterocycles. The Labute approximate surface area is 151 Å². The van der Waals surface area contributed by atoms with Gasteiger partial charge >= 0.3 is 11.9 Å². The minimum absolute atomic E-state index is 0.317. The molecule has 1 heterocycles. The predicted octanol–water partition coefficient (Wildman–Crippen LogP) is 2.85. The molecule has 1 aliphatic rings. The third kappa shape index (κ3) is 2.98. The highest BCUT2D eigenvalue weighted by Crippen LogP contribution is 2.48. The summed E-state index contributed by atoms with van der Waals surface area (Å²) < 4.78 is 21.1. The molecule has 3 rings (SSSR count). The van der Waals surface area contributed by atoms with Crippen LogP contribution >= 0.6 is 0 Å². The molecule has 0 unspecified atom stereocenters. The first-order valence-electron chi connectivity index (χ1n) is 8.12. The lowest BCUT2D eigenvalue weighted by atomic mass is 9.77. The molecule has 0 spiro atoms. The summed E-state index contributed by atoms with van der Waals surface area (Å²) >= 11 is 0. The van der Waals surface area contributed by atoms with Gasteiger partial charge in [0.25, 0.3) is 0 Å². The summed E-state index contributed by atoms with van der Waals surface area (Å²) in [4.78, 5) is 25.0. The first-order chi connectivity index (χ1) is 12.5. The van der Waals surface area contributed by atoms with Gasteiger partial charge in [-0.15, -0.1) is 0 Å². The summed E-state index contributed by atoms with van der Waals surface area (Å²) in [7, 11) is 4.29. The van der Waals surface area contributed by atoms with E-state index in [1.165, 1.54) is 21.3 Å².